The minimum atomic E-state index is -4.31. The quantitative estimate of drug-likeness (QED) is 0.864. The highest BCUT2D eigenvalue weighted by molar-refractivity contribution is 7.89. The molecule has 0 amide bonds. The zero-order valence-electron chi connectivity index (χ0n) is 10.9. The maximum absolute atomic E-state index is 12.3. The Kier molecular flexibility index (Phi) is 4.40. The lowest BCUT2D eigenvalue weighted by atomic mass is 10.3. The van der Waals surface area contributed by atoms with E-state index in [1.54, 1.807) is 0 Å². The van der Waals surface area contributed by atoms with Crippen molar-refractivity contribution in [1.82, 2.24) is 14.2 Å². The smallest absolute Gasteiger partial charge is 0.366 e. The fourth-order valence-corrected chi connectivity index (χ4v) is 3.58. The minimum Gasteiger partial charge on any atom is -0.366 e. The number of hydrogen-bond donors (Lipinski definition) is 1. The minimum absolute atomic E-state index is 0.0243. The predicted molar refractivity (Wildman–Crippen MR) is 68.3 cm³/mol. The van der Waals surface area contributed by atoms with E-state index < -0.39 is 33.1 Å². The van der Waals surface area contributed by atoms with Crippen LogP contribution in [0.2, 0.25) is 0 Å². The molecule has 0 aromatic carbocycles. The van der Waals surface area contributed by atoms with Crippen LogP contribution in [-0.2, 0) is 10.0 Å². The standard InChI is InChI=1S/C11H14F3N3O3S/c12-11(13,14)8-16-3-5-17(6-4-16)21(19,20)10-7-15-2-1-9(10)18/h1-2,7H,3-6,8H2,(H,15,18). The summed E-state index contributed by atoms with van der Waals surface area (Å²) in [6.07, 6.45) is -1.92. The number of aromatic amines is 1. The molecule has 0 aliphatic carbocycles. The fraction of sp³-hybridized carbons (Fsp3) is 0.545. The summed E-state index contributed by atoms with van der Waals surface area (Å²) in [6.45, 7) is -1.26. The van der Waals surface area contributed by atoms with Crippen LogP contribution >= 0.6 is 0 Å². The van der Waals surface area contributed by atoms with Crippen molar-refractivity contribution in [3.63, 3.8) is 0 Å². The van der Waals surface area contributed by atoms with Crippen molar-refractivity contribution in [2.24, 2.45) is 0 Å². The van der Waals surface area contributed by atoms with E-state index >= 15 is 0 Å². The highest BCUT2D eigenvalue weighted by atomic mass is 32.2. The third-order valence-corrected chi connectivity index (χ3v) is 5.06. The van der Waals surface area contributed by atoms with Crippen LogP contribution in [0.5, 0.6) is 0 Å². The lowest BCUT2D eigenvalue weighted by Crippen LogP contribution is -2.51. The Balaban J connectivity index is 2.09. The van der Waals surface area contributed by atoms with Crippen LogP contribution in [0.15, 0.2) is 28.2 Å². The lowest BCUT2D eigenvalue weighted by molar-refractivity contribution is -0.148. The summed E-state index contributed by atoms with van der Waals surface area (Å²) < 4.78 is 62.4. The number of halogens is 3. The first kappa shape index (κ1) is 16.0. The first-order chi connectivity index (χ1) is 9.70. The second-order valence-corrected chi connectivity index (χ2v) is 6.57. The van der Waals surface area contributed by atoms with E-state index in [0.29, 0.717) is 0 Å². The van der Waals surface area contributed by atoms with Gasteiger partial charge in [-0.05, 0) is 0 Å². The maximum atomic E-state index is 12.3. The molecule has 0 atom stereocenters. The number of piperazine rings is 1. The summed E-state index contributed by atoms with van der Waals surface area (Å²) in [5.74, 6) is 0. The van der Waals surface area contributed by atoms with Gasteiger partial charge in [-0.25, -0.2) is 8.42 Å². The first-order valence-corrected chi connectivity index (χ1v) is 7.60. The summed E-state index contributed by atoms with van der Waals surface area (Å²) in [5.41, 5.74) is -0.647. The van der Waals surface area contributed by atoms with E-state index in [0.717, 1.165) is 21.5 Å². The number of sulfonamides is 1. The predicted octanol–water partition coefficient (Wildman–Crippen LogP) is 0.244. The number of nitrogens with one attached hydrogen (secondary N) is 1. The number of aromatic nitrogens is 1. The molecular formula is C11H14F3N3O3S. The Morgan fingerprint density at radius 1 is 1.19 bits per heavy atom. The van der Waals surface area contributed by atoms with Gasteiger partial charge in [-0.3, -0.25) is 9.69 Å². The summed E-state index contributed by atoms with van der Waals surface area (Å²) in [5, 5.41) is 0. The molecular weight excluding hydrogens is 311 g/mol. The highest BCUT2D eigenvalue weighted by Crippen LogP contribution is 2.19. The van der Waals surface area contributed by atoms with Gasteiger partial charge in [-0.2, -0.15) is 17.5 Å². The first-order valence-electron chi connectivity index (χ1n) is 6.16. The van der Waals surface area contributed by atoms with Crippen molar-refractivity contribution in [3.8, 4) is 0 Å². The van der Waals surface area contributed by atoms with Gasteiger partial charge in [0.1, 0.15) is 4.90 Å². The zero-order chi connectivity index (χ0) is 15.7. The van der Waals surface area contributed by atoms with Crippen LogP contribution < -0.4 is 5.43 Å². The number of nitrogens with zero attached hydrogens (tertiary/aromatic N) is 2. The topological polar surface area (TPSA) is 73.5 Å². The molecule has 2 heterocycles. The van der Waals surface area contributed by atoms with Crippen molar-refractivity contribution in [1.29, 1.82) is 0 Å². The SMILES string of the molecule is O=c1cc[nH]cc1S(=O)(=O)N1CCN(CC(F)(F)F)CC1. The van der Waals surface area contributed by atoms with Crippen molar-refractivity contribution in [2.45, 2.75) is 11.1 Å². The molecule has 0 spiro atoms. The molecule has 1 fully saturated rings. The molecule has 1 N–H and O–H groups in total. The molecule has 1 aliphatic heterocycles. The normalized spacial score (nSPS) is 18.8. The van der Waals surface area contributed by atoms with Crippen molar-refractivity contribution < 1.29 is 21.6 Å². The van der Waals surface area contributed by atoms with Gasteiger partial charge >= 0.3 is 6.18 Å². The van der Waals surface area contributed by atoms with Gasteiger partial charge in [0, 0.05) is 44.6 Å². The molecule has 118 valence electrons. The molecule has 0 saturated carbocycles. The van der Waals surface area contributed by atoms with Gasteiger partial charge in [0.25, 0.3) is 0 Å². The Bertz CT molecular complexity index is 648. The molecule has 1 saturated heterocycles. The van der Waals surface area contributed by atoms with Crippen LogP contribution in [0.25, 0.3) is 0 Å². The van der Waals surface area contributed by atoms with Gasteiger partial charge in [-0.15, -0.1) is 0 Å². The van der Waals surface area contributed by atoms with Crippen LogP contribution in [0.4, 0.5) is 13.2 Å². The number of hydrogen-bond acceptors (Lipinski definition) is 4. The number of alkyl halides is 3. The molecule has 1 aromatic heterocycles. The second-order valence-electron chi connectivity index (χ2n) is 4.67. The van der Waals surface area contributed by atoms with E-state index in [2.05, 4.69) is 4.98 Å². The number of rotatable bonds is 3. The summed E-state index contributed by atoms with van der Waals surface area (Å²) in [7, 11) is -3.98. The van der Waals surface area contributed by atoms with Crippen molar-refractivity contribution in [2.75, 3.05) is 32.7 Å². The average Bonchev–Trinajstić information content (AvgIpc) is 2.37. The largest absolute Gasteiger partial charge is 0.401 e. The third kappa shape index (κ3) is 3.83. The molecule has 6 nitrogen and oxygen atoms in total. The molecule has 10 heteroatoms. The van der Waals surface area contributed by atoms with E-state index in [1.807, 2.05) is 0 Å². The van der Waals surface area contributed by atoms with Gasteiger partial charge in [0.15, 0.2) is 0 Å². The molecule has 0 radical (unpaired) electrons. The number of H-pyrrole nitrogens is 1. The van der Waals surface area contributed by atoms with E-state index in [9.17, 15) is 26.4 Å². The van der Waals surface area contributed by atoms with Crippen LogP contribution in [0, 0.1) is 0 Å². The Morgan fingerprint density at radius 2 is 1.81 bits per heavy atom. The molecule has 2 rings (SSSR count). The molecule has 0 bridgehead atoms. The number of pyridine rings is 1. The van der Waals surface area contributed by atoms with Gasteiger partial charge in [-0.1, -0.05) is 0 Å². The van der Waals surface area contributed by atoms with Crippen LogP contribution in [0.1, 0.15) is 0 Å². The Hall–Kier alpha value is -1.39. The van der Waals surface area contributed by atoms with Crippen molar-refractivity contribution >= 4 is 10.0 Å². The van der Waals surface area contributed by atoms with Gasteiger partial charge in [0.2, 0.25) is 15.5 Å². The highest BCUT2D eigenvalue weighted by Gasteiger charge is 2.35. The van der Waals surface area contributed by atoms with Crippen LogP contribution in [0.3, 0.4) is 0 Å². The molecule has 1 aliphatic rings. The van der Waals surface area contributed by atoms with Crippen molar-refractivity contribution in [3.05, 3.63) is 28.7 Å². The van der Waals surface area contributed by atoms with Gasteiger partial charge in [0.05, 0.1) is 6.54 Å². The van der Waals surface area contributed by atoms with Crippen LogP contribution in [-0.4, -0.2) is 61.5 Å². The van der Waals surface area contributed by atoms with Gasteiger partial charge < -0.3 is 4.98 Å². The third-order valence-electron chi connectivity index (χ3n) is 3.14. The molecule has 21 heavy (non-hydrogen) atoms. The monoisotopic (exact) mass is 325 g/mol. The fourth-order valence-electron chi connectivity index (χ4n) is 2.12. The lowest BCUT2D eigenvalue weighted by Gasteiger charge is -2.34. The van der Waals surface area contributed by atoms with E-state index in [1.165, 1.54) is 6.20 Å². The summed E-state index contributed by atoms with van der Waals surface area (Å²) in [6, 6.07) is 1.09. The van der Waals surface area contributed by atoms with E-state index in [-0.39, 0.29) is 26.2 Å². The summed E-state index contributed by atoms with van der Waals surface area (Å²) in [4.78, 5) is 14.8. The zero-order valence-corrected chi connectivity index (χ0v) is 11.7. The average molecular weight is 325 g/mol. The Labute approximate surface area is 119 Å². The molecule has 0 unspecified atom stereocenters. The molecule has 1 aromatic rings. The summed E-state index contributed by atoms with van der Waals surface area (Å²) >= 11 is 0. The van der Waals surface area contributed by atoms with E-state index in [4.69, 9.17) is 0 Å². The maximum Gasteiger partial charge on any atom is 0.401 e. The Morgan fingerprint density at radius 3 is 2.33 bits per heavy atom. The second kappa shape index (κ2) is 5.78.